The van der Waals surface area contributed by atoms with E-state index in [1.807, 2.05) is 19.2 Å². The largest absolute Gasteiger partial charge is 0.416 e. The molecule has 1 heterocycles. The van der Waals surface area contributed by atoms with Crippen LogP contribution in [0.4, 0.5) is 13.2 Å². The molecule has 3 nitrogen and oxygen atoms in total. The second-order valence-electron chi connectivity index (χ2n) is 6.15. The summed E-state index contributed by atoms with van der Waals surface area (Å²) in [6.07, 6.45) is -3.29. The van der Waals surface area contributed by atoms with Crippen LogP contribution in [-0.2, 0) is 16.4 Å². The van der Waals surface area contributed by atoms with Crippen LogP contribution in [0.1, 0.15) is 47.6 Å². The third-order valence-electron chi connectivity index (χ3n) is 4.36. The van der Waals surface area contributed by atoms with Gasteiger partial charge in [-0.15, -0.1) is 11.3 Å². The molecule has 1 amide bonds. The zero-order valence-corrected chi connectivity index (χ0v) is 14.1. The fourth-order valence-electron chi connectivity index (χ4n) is 2.75. The van der Waals surface area contributed by atoms with Gasteiger partial charge in [0.1, 0.15) is 0 Å². The van der Waals surface area contributed by atoms with E-state index in [1.54, 1.807) is 6.07 Å². The molecule has 1 atom stereocenters. The number of carbonyl (C=O) groups excluding carboxylic acids is 1. The Hall–Kier alpha value is -1.89. The van der Waals surface area contributed by atoms with E-state index < -0.39 is 17.2 Å². The summed E-state index contributed by atoms with van der Waals surface area (Å²) in [5.74, 6) is -0.236. The maximum Gasteiger partial charge on any atom is 0.416 e. The van der Waals surface area contributed by atoms with Gasteiger partial charge in [0, 0.05) is 5.38 Å². The Kier molecular flexibility index (Phi) is 4.15. The highest BCUT2D eigenvalue weighted by Gasteiger charge is 2.52. The summed E-state index contributed by atoms with van der Waals surface area (Å²) < 4.78 is 38.7. The molecule has 1 aliphatic carbocycles. The van der Waals surface area contributed by atoms with Gasteiger partial charge in [-0.05, 0) is 38.3 Å². The van der Waals surface area contributed by atoms with E-state index in [0.717, 1.165) is 22.8 Å². The van der Waals surface area contributed by atoms with Gasteiger partial charge in [0.05, 0.1) is 27.7 Å². The first kappa shape index (κ1) is 17.0. The SMILES string of the molecule is Cc1nc(C(C)NC(=O)C2(c3cccc(C(F)(F)F)c3)CC2)cs1. The minimum absolute atomic E-state index is 0.236. The molecule has 0 bridgehead atoms. The Morgan fingerprint density at radius 2 is 2.08 bits per heavy atom. The lowest BCUT2D eigenvalue weighted by molar-refractivity contribution is -0.137. The Morgan fingerprint density at radius 3 is 2.62 bits per heavy atom. The first-order chi connectivity index (χ1) is 11.2. The van der Waals surface area contributed by atoms with E-state index in [0.29, 0.717) is 18.4 Å². The Labute approximate surface area is 141 Å². The maximum atomic E-state index is 12.9. The number of carbonyl (C=O) groups is 1. The monoisotopic (exact) mass is 354 g/mol. The molecule has 1 aliphatic rings. The number of nitrogens with zero attached hydrogens (tertiary/aromatic N) is 1. The van der Waals surface area contributed by atoms with Crippen molar-refractivity contribution in [3.63, 3.8) is 0 Å². The van der Waals surface area contributed by atoms with Gasteiger partial charge in [-0.2, -0.15) is 13.2 Å². The van der Waals surface area contributed by atoms with E-state index in [2.05, 4.69) is 10.3 Å². The minimum atomic E-state index is -4.41. The number of hydrogen-bond acceptors (Lipinski definition) is 3. The van der Waals surface area contributed by atoms with E-state index in [9.17, 15) is 18.0 Å². The smallest absolute Gasteiger partial charge is 0.347 e. The number of rotatable bonds is 4. The van der Waals surface area contributed by atoms with Crippen molar-refractivity contribution in [1.82, 2.24) is 10.3 Å². The summed E-state index contributed by atoms with van der Waals surface area (Å²) >= 11 is 1.50. The van der Waals surface area contributed by atoms with Crippen molar-refractivity contribution in [1.29, 1.82) is 0 Å². The molecule has 24 heavy (non-hydrogen) atoms. The van der Waals surface area contributed by atoms with Crippen LogP contribution in [0.2, 0.25) is 0 Å². The van der Waals surface area contributed by atoms with Crippen LogP contribution in [0.5, 0.6) is 0 Å². The summed E-state index contributed by atoms with van der Waals surface area (Å²) in [5.41, 5.74) is -0.370. The Balaban J connectivity index is 1.80. The number of alkyl halides is 3. The van der Waals surface area contributed by atoms with Crippen LogP contribution in [0.3, 0.4) is 0 Å². The second kappa shape index (κ2) is 5.88. The van der Waals surface area contributed by atoms with Gasteiger partial charge in [0.25, 0.3) is 0 Å². The van der Waals surface area contributed by atoms with Gasteiger partial charge < -0.3 is 5.32 Å². The molecular formula is C17H17F3N2OS. The first-order valence-electron chi connectivity index (χ1n) is 7.63. The molecule has 0 aliphatic heterocycles. The van der Waals surface area contributed by atoms with Gasteiger partial charge in [-0.25, -0.2) is 4.98 Å². The number of benzene rings is 1. The van der Waals surface area contributed by atoms with Gasteiger partial charge >= 0.3 is 6.18 Å². The van der Waals surface area contributed by atoms with Crippen LogP contribution in [0, 0.1) is 6.92 Å². The van der Waals surface area contributed by atoms with Crippen LogP contribution >= 0.6 is 11.3 Å². The average molecular weight is 354 g/mol. The van der Waals surface area contributed by atoms with E-state index >= 15 is 0 Å². The third-order valence-corrected chi connectivity index (χ3v) is 5.15. The lowest BCUT2D eigenvalue weighted by Gasteiger charge is -2.20. The molecule has 0 saturated heterocycles. The summed E-state index contributed by atoms with van der Waals surface area (Å²) in [6, 6.07) is 4.80. The quantitative estimate of drug-likeness (QED) is 0.885. The number of aromatic nitrogens is 1. The predicted octanol–water partition coefficient (Wildman–Crippen LogP) is 4.38. The number of aryl methyl sites for hydroxylation is 1. The predicted molar refractivity (Wildman–Crippen MR) is 85.8 cm³/mol. The molecule has 1 saturated carbocycles. The van der Waals surface area contributed by atoms with Crippen molar-refractivity contribution in [2.24, 2.45) is 0 Å². The lowest BCUT2D eigenvalue weighted by Crippen LogP contribution is -2.36. The summed E-state index contributed by atoms with van der Waals surface area (Å²) in [7, 11) is 0. The van der Waals surface area contributed by atoms with Gasteiger partial charge in [-0.1, -0.05) is 18.2 Å². The van der Waals surface area contributed by atoms with Crippen molar-refractivity contribution in [3.8, 4) is 0 Å². The topological polar surface area (TPSA) is 42.0 Å². The van der Waals surface area contributed by atoms with Crippen molar-refractivity contribution in [3.05, 3.63) is 51.5 Å². The highest BCUT2D eigenvalue weighted by Crippen LogP contribution is 2.49. The molecule has 0 radical (unpaired) electrons. The highest BCUT2D eigenvalue weighted by molar-refractivity contribution is 7.09. The summed E-state index contributed by atoms with van der Waals surface area (Å²) in [5, 5.41) is 5.68. The molecule has 128 valence electrons. The average Bonchev–Trinajstić information content (AvgIpc) is 3.22. The Bertz CT molecular complexity index is 765. The molecule has 1 N–H and O–H groups in total. The maximum absolute atomic E-state index is 12.9. The molecule has 1 unspecified atom stereocenters. The van der Waals surface area contributed by atoms with Crippen molar-refractivity contribution in [2.45, 2.75) is 44.3 Å². The lowest BCUT2D eigenvalue weighted by atomic mass is 9.93. The van der Waals surface area contributed by atoms with Gasteiger partial charge in [0.2, 0.25) is 5.91 Å². The van der Waals surface area contributed by atoms with Gasteiger partial charge in [-0.3, -0.25) is 4.79 Å². The highest BCUT2D eigenvalue weighted by atomic mass is 32.1. The van der Waals surface area contributed by atoms with E-state index in [1.165, 1.54) is 17.4 Å². The summed E-state index contributed by atoms with van der Waals surface area (Å²) in [4.78, 5) is 17.0. The minimum Gasteiger partial charge on any atom is -0.347 e. The van der Waals surface area contributed by atoms with Crippen molar-refractivity contribution < 1.29 is 18.0 Å². The second-order valence-corrected chi connectivity index (χ2v) is 7.21. The zero-order chi connectivity index (χ0) is 17.5. The molecule has 1 aromatic heterocycles. The molecule has 3 rings (SSSR count). The third kappa shape index (κ3) is 3.17. The molecule has 0 spiro atoms. The molecule has 2 aromatic rings. The number of nitrogens with one attached hydrogen (secondary N) is 1. The van der Waals surface area contributed by atoms with Crippen LogP contribution in [-0.4, -0.2) is 10.9 Å². The first-order valence-corrected chi connectivity index (χ1v) is 8.51. The number of amides is 1. The summed E-state index contributed by atoms with van der Waals surface area (Å²) in [6.45, 7) is 3.71. The van der Waals surface area contributed by atoms with E-state index in [-0.39, 0.29) is 11.9 Å². The fraction of sp³-hybridized carbons (Fsp3) is 0.412. The standard InChI is InChI=1S/C17H17F3N2OS/c1-10(14-9-24-11(2)22-14)21-15(23)16(6-7-16)12-4-3-5-13(8-12)17(18,19)20/h3-5,8-10H,6-7H2,1-2H3,(H,21,23). The number of thiazole rings is 1. The normalized spacial score (nSPS) is 17.4. The van der Waals surface area contributed by atoms with Crippen LogP contribution < -0.4 is 5.32 Å². The molecule has 7 heteroatoms. The van der Waals surface area contributed by atoms with Crippen LogP contribution in [0.15, 0.2) is 29.6 Å². The molecule has 1 fully saturated rings. The Morgan fingerprint density at radius 1 is 1.38 bits per heavy atom. The van der Waals surface area contributed by atoms with Gasteiger partial charge in [0.15, 0.2) is 0 Å². The zero-order valence-electron chi connectivity index (χ0n) is 13.3. The molecular weight excluding hydrogens is 337 g/mol. The van der Waals surface area contributed by atoms with Crippen LogP contribution in [0.25, 0.3) is 0 Å². The number of hydrogen-bond donors (Lipinski definition) is 1. The van der Waals surface area contributed by atoms with Crippen molar-refractivity contribution >= 4 is 17.2 Å². The van der Waals surface area contributed by atoms with E-state index in [4.69, 9.17) is 0 Å². The molecule has 1 aromatic carbocycles. The van der Waals surface area contributed by atoms with Crippen molar-refractivity contribution in [2.75, 3.05) is 0 Å². The number of halogens is 3. The fourth-order valence-corrected chi connectivity index (χ4v) is 3.46.